The quantitative estimate of drug-likeness (QED) is 0.586. The van der Waals surface area contributed by atoms with E-state index in [0.717, 1.165) is 15.6 Å². The molecular weight excluding hydrogens is 251 g/mol. The van der Waals surface area contributed by atoms with Gasteiger partial charge in [-0.2, -0.15) is 0 Å². The SMILES string of the molecule is C/C(=C/C(=O)Cl)c1cccc(Br)c1. The van der Waals surface area contributed by atoms with Crippen LogP contribution in [0.1, 0.15) is 12.5 Å². The fourth-order valence-electron chi connectivity index (χ4n) is 0.987. The molecule has 1 rings (SSSR count). The van der Waals surface area contributed by atoms with Crippen molar-refractivity contribution in [3.05, 3.63) is 40.4 Å². The summed E-state index contributed by atoms with van der Waals surface area (Å²) >= 11 is 8.59. The molecule has 1 aromatic carbocycles. The second-order valence-corrected chi connectivity index (χ2v) is 3.93. The van der Waals surface area contributed by atoms with E-state index in [0.29, 0.717) is 0 Å². The number of hydrogen-bond donors (Lipinski definition) is 0. The van der Waals surface area contributed by atoms with Crippen LogP contribution >= 0.6 is 27.5 Å². The number of rotatable bonds is 2. The number of halogens is 2. The number of hydrogen-bond acceptors (Lipinski definition) is 1. The molecule has 0 fully saturated rings. The molecule has 68 valence electrons. The van der Waals surface area contributed by atoms with Gasteiger partial charge >= 0.3 is 0 Å². The first-order valence-electron chi connectivity index (χ1n) is 3.73. The average Bonchev–Trinajstić information content (AvgIpc) is 2.03. The zero-order chi connectivity index (χ0) is 9.84. The van der Waals surface area contributed by atoms with Crippen LogP contribution in [0.5, 0.6) is 0 Å². The van der Waals surface area contributed by atoms with Crippen LogP contribution < -0.4 is 0 Å². The molecule has 0 aliphatic rings. The summed E-state index contributed by atoms with van der Waals surface area (Å²) in [4.78, 5) is 10.6. The predicted octanol–water partition coefficient (Wildman–Crippen LogP) is 3.62. The normalized spacial score (nSPS) is 11.5. The van der Waals surface area contributed by atoms with Gasteiger partial charge < -0.3 is 0 Å². The van der Waals surface area contributed by atoms with Crippen molar-refractivity contribution in [1.29, 1.82) is 0 Å². The maximum Gasteiger partial charge on any atom is 0.245 e. The van der Waals surface area contributed by atoms with E-state index in [2.05, 4.69) is 15.9 Å². The zero-order valence-corrected chi connectivity index (χ0v) is 9.39. The number of carbonyl (C=O) groups is 1. The molecule has 3 heteroatoms. The molecular formula is C10H8BrClO. The lowest BCUT2D eigenvalue weighted by Crippen LogP contribution is -1.83. The van der Waals surface area contributed by atoms with E-state index in [9.17, 15) is 4.79 Å². The highest BCUT2D eigenvalue weighted by molar-refractivity contribution is 9.10. The average molecular weight is 260 g/mol. The molecule has 0 aromatic heterocycles. The molecule has 0 bridgehead atoms. The molecule has 0 atom stereocenters. The van der Waals surface area contributed by atoms with Crippen molar-refractivity contribution in [2.75, 3.05) is 0 Å². The highest BCUT2D eigenvalue weighted by Gasteiger charge is 1.98. The van der Waals surface area contributed by atoms with Crippen LogP contribution in [0.25, 0.3) is 5.57 Å². The van der Waals surface area contributed by atoms with Gasteiger partial charge in [0.15, 0.2) is 0 Å². The molecule has 0 saturated carbocycles. The Morgan fingerprint density at radius 2 is 2.23 bits per heavy atom. The monoisotopic (exact) mass is 258 g/mol. The third-order valence-corrected chi connectivity index (χ3v) is 2.21. The summed E-state index contributed by atoms with van der Waals surface area (Å²) in [6, 6.07) is 7.71. The van der Waals surface area contributed by atoms with Crippen LogP contribution in [0.4, 0.5) is 0 Å². The van der Waals surface area contributed by atoms with Gasteiger partial charge in [-0.05, 0) is 41.8 Å². The standard InChI is InChI=1S/C10H8BrClO/c1-7(5-10(12)13)8-3-2-4-9(11)6-8/h2-6H,1H3/b7-5-. The molecule has 0 spiro atoms. The Balaban J connectivity index is 3.02. The van der Waals surface area contributed by atoms with Crippen LogP contribution in [-0.2, 0) is 4.79 Å². The van der Waals surface area contributed by atoms with Crippen molar-refractivity contribution < 1.29 is 4.79 Å². The molecule has 0 N–H and O–H groups in total. The van der Waals surface area contributed by atoms with Crippen LogP contribution in [0.3, 0.4) is 0 Å². The minimum absolute atomic E-state index is 0.447. The number of allylic oxidation sites excluding steroid dienone is 2. The molecule has 0 radical (unpaired) electrons. The van der Waals surface area contributed by atoms with Crippen molar-refractivity contribution >= 4 is 38.3 Å². The molecule has 0 aliphatic heterocycles. The van der Waals surface area contributed by atoms with Crippen molar-refractivity contribution in [3.8, 4) is 0 Å². The Labute approximate surface area is 90.5 Å². The summed E-state index contributed by atoms with van der Waals surface area (Å²) in [7, 11) is 0. The molecule has 1 nitrogen and oxygen atoms in total. The van der Waals surface area contributed by atoms with Gasteiger partial charge in [0.05, 0.1) is 0 Å². The summed E-state index contributed by atoms with van der Waals surface area (Å²) in [6.07, 6.45) is 1.41. The lowest BCUT2D eigenvalue weighted by atomic mass is 10.1. The van der Waals surface area contributed by atoms with Crippen LogP contribution in [0.2, 0.25) is 0 Å². The van der Waals surface area contributed by atoms with Crippen LogP contribution in [0.15, 0.2) is 34.8 Å². The van der Waals surface area contributed by atoms with E-state index in [1.807, 2.05) is 31.2 Å². The molecule has 13 heavy (non-hydrogen) atoms. The van der Waals surface area contributed by atoms with E-state index < -0.39 is 5.24 Å². The first-order valence-corrected chi connectivity index (χ1v) is 4.90. The summed E-state index contributed by atoms with van der Waals surface area (Å²) < 4.78 is 0.986. The van der Waals surface area contributed by atoms with E-state index in [-0.39, 0.29) is 0 Å². The first-order chi connectivity index (χ1) is 6.09. The van der Waals surface area contributed by atoms with Crippen molar-refractivity contribution in [2.45, 2.75) is 6.92 Å². The van der Waals surface area contributed by atoms with E-state index in [4.69, 9.17) is 11.6 Å². The van der Waals surface area contributed by atoms with Gasteiger partial charge in [0.2, 0.25) is 5.24 Å². The van der Waals surface area contributed by atoms with Gasteiger partial charge in [-0.25, -0.2) is 0 Å². The Bertz CT molecular complexity index is 358. The van der Waals surface area contributed by atoms with Crippen molar-refractivity contribution in [3.63, 3.8) is 0 Å². The Kier molecular flexibility index (Phi) is 3.70. The second-order valence-electron chi connectivity index (χ2n) is 2.64. The minimum Gasteiger partial charge on any atom is -0.276 e. The van der Waals surface area contributed by atoms with Crippen molar-refractivity contribution in [2.24, 2.45) is 0 Å². The molecule has 0 aliphatic carbocycles. The maximum absolute atomic E-state index is 10.6. The van der Waals surface area contributed by atoms with Gasteiger partial charge in [0.25, 0.3) is 0 Å². The van der Waals surface area contributed by atoms with E-state index in [1.54, 1.807) is 0 Å². The van der Waals surface area contributed by atoms with Gasteiger partial charge in [-0.15, -0.1) is 0 Å². The minimum atomic E-state index is -0.447. The fraction of sp³-hybridized carbons (Fsp3) is 0.100. The molecule has 0 amide bonds. The van der Waals surface area contributed by atoms with Gasteiger partial charge in [-0.1, -0.05) is 28.1 Å². The molecule has 0 heterocycles. The lowest BCUT2D eigenvalue weighted by Gasteiger charge is -2.00. The number of carbonyl (C=O) groups excluding carboxylic acids is 1. The fourth-order valence-corrected chi connectivity index (χ4v) is 1.55. The number of benzene rings is 1. The largest absolute Gasteiger partial charge is 0.276 e. The van der Waals surface area contributed by atoms with Crippen LogP contribution in [0, 0.1) is 0 Å². The van der Waals surface area contributed by atoms with Gasteiger partial charge in [0.1, 0.15) is 0 Å². The Morgan fingerprint density at radius 1 is 1.54 bits per heavy atom. The lowest BCUT2D eigenvalue weighted by molar-refractivity contribution is -0.107. The van der Waals surface area contributed by atoms with Gasteiger partial charge in [-0.3, -0.25) is 4.79 Å². The summed E-state index contributed by atoms with van der Waals surface area (Å²) in [6.45, 7) is 1.85. The zero-order valence-electron chi connectivity index (χ0n) is 7.05. The second kappa shape index (κ2) is 4.58. The molecule has 0 saturated heterocycles. The maximum atomic E-state index is 10.6. The predicted molar refractivity (Wildman–Crippen MR) is 58.7 cm³/mol. The van der Waals surface area contributed by atoms with Gasteiger partial charge in [0, 0.05) is 10.5 Å². The molecule has 1 aromatic rings. The van der Waals surface area contributed by atoms with Crippen molar-refractivity contribution in [1.82, 2.24) is 0 Å². The smallest absolute Gasteiger partial charge is 0.245 e. The summed E-state index contributed by atoms with van der Waals surface area (Å²) in [5, 5.41) is -0.447. The first kappa shape index (κ1) is 10.5. The third-order valence-electron chi connectivity index (χ3n) is 1.61. The Morgan fingerprint density at radius 3 is 2.77 bits per heavy atom. The summed E-state index contributed by atoms with van der Waals surface area (Å²) in [5.74, 6) is 0. The highest BCUT2D eigenvalue weighted by Crippen LogP contribution is 2.18. The van der Waals surface area contributed by atoms with E-state index in [1.165, 1.54) is 6.08 Å². The van der Waals surface area contributed by atoms with E-state index >= 15 is 0 Å². The topological polar surface area (TPSA) is 17.1 Å². The Hall–Kier alpha value is -0.600. The third kappa shape index (κ3) is 3.33. The molecule has 0 unspecified atom stereocenters. The van der Waals surface area contributed by atoms with Crippen LogP contribution in [-0.4, -0.2) is 5.24 Å². The highest BCUT2D eigenvalue weighted by atomic mass is 79.9. The summed E-state index contributed by atoms with van der Waals surface area (Å²) in [5.41, 5.74) is 1.85.